The van der Waals surface area contributed by atoms with Gasteiger partial charge < -0.3 is 15.0 Å². The summed E-state index contributed by atoms with van der Waals surface area (Å²) in [4.78, 5) is 2.45. The Balaban J connectivity index is 2.09. The van der Waals surface area contributed by atoms with Crippen molar-refractivity contribution >= 4 is 5.69 Å². The van der Waals surface area contributed by atoms with Gasteiger partial charge in [-0.3, -0.25) is 0 Å². The molecule has 0 radical (unpaired) electrons. The summed E-state index contributed by atoms with van der Waals surface area (Å²) in [5.41, 5.74) is 1.49. The fourth-order valence-corrected chi connectivity index (χ4v) is 2.54. The molecule has 1 fully saturated rings. The second-order valence-electron chi connectivity index (χ2n) is 4.85. The lowest BCUT2D eigenvalue weighted by Crippen LogP contribution is -2.39. The Morgan fingerprint density at radius 2 is 2.16 bits per heavy atom. The predicted octanol–water partition coefficient (Wildman–Crippen LogP) is 2.46. The molecule has 0 aliphatic carbocycles. The lowest BCUT2D eigenvalue weighted by Gasteiger charge is -2.32. The number of likely N-dealkylation sites (tertiary alicyclic amines) is 1. The summed E-state index contributed by atoms with van der Waals surface area (Å²) in [6, 6.07) is 8.22. The number of hydrogen-bond donors (Lipinski definition) is 1. The highest BCUT2D eigenvalue weighted by Crippen LogP contribution is 2.29. The molecule has 1 aliphatic heterocycles. The van der Waals surface area contributed by atoms with E-state index in [1.54, 1.807) is 7.11 Å². The van der Waals surface area contributed by atoms with Crippen LogP contribution in [0.15, 0.2) is 18.2 Å². The van der Waals surface area contributed by atoms with Gasteiger partial charge in [0.2, 0.25) is 0 Å². The lowest BCUT2D eigenvalue weighted by molar-refractivity contribution is 0.229. The number of benzene rings is 1. The van der Waals surface area contributed by atoms with Gasteiger partial charge in [0, 0.05) is 19.1 Å². The Morgan fingerprint density at radius 3 is 2.74 bits per heavy atom. The fraction of sp³-hybridized carbons (Fsp3) is 0.533. The predicted molar refractivity (Wildman–Crippen MR) is 76.5 cm³/mol. The number of nitrogens with one attached hydrogen (secondary N) is 1. The molecule has 4 heteroatoms. The normalized spacial score (nSPS) is 16.9. The van der Waals surface area contributed by atoms with Crippen molar-refractivity contribution in [1.82, 2.24) is 4.90 Å². The van der Waals surface area contributed by atoms with Gasteiger partial charge in [-0.25, -0.2) is 0 Å². The van der Waals surface area contributed by atoms with Crippen molar-refractivity contribution in [2.45, 2.75) is 25.8 Å². The summed E-state index contributed by atoms with van der Waals surface area (Å²) in [5, 5.41) is 12.7. The van der Waals surface area contributed by atoms with Crippen molar-refractivity contribution in [1.29, 1.82) is 5.26 Å². The topological polar surface area (TPSA) is 48.3 Å². The third kappa shape index (κ3) is 3.18. The Bertz CT molecular complexity index is 459. The maximum absolute atomic E-state index is 9.19. The summed E-state index contributed by atoms with van der Waals surface area (Å²) < 4.78 is 5.35. The first-order valence-corrected chi connectivity index (χ1v) is 6.84. The second-order valence-corrected chi connectivity index (χ2v) is 4.85. The Hall–Kier alpha value is -1.73. The van der Waals surface area contributed by atoms with Crippen LogP contribution in [0, 0.1) is 11.3 Å². The van der Waals surface area contributed by atoms with E-state index in [0.717, 1.165) is 43.9 Å². The molecule has 0 aromatic heterocycles. The second kappa shape index (κ2) is 6.44. The van der Waals surface area contributed by atoms with Gasteiger partial charge in [-0.2, -0.15) is 5.26 Å². The first-order chi connectivity index (χ1) is 9.28. The van der Waals surface area contributed by atoms with Crippen LogP contribution >= 0.6 is 0 Å². The molecule has 1 N–H and O–H groups in total. The summed E-state index contributed by atoms with van der Waals surface area (Å²) in [7, 11) is 1.64. The van der Waals surface area contributed by atoms with E-state index in [1.807, 2.05) is 18.2 Å². The molecule has 0 bridgehead atoms. The number of piperidine rings is 1. The lowest BCUT2D eigenvalue weighted by atomic mass is 10.0. The standard InChI is InChI=1S/C15H21N3O/c1-3-18-9-7-13(8-10-18)17-15-12(11-16)5-4-6-14(15)19-2/h4-6,13,17H,3,7-10H2,1-2H3. The molecular formula is C15H21N3O. The molecule has 19 heavy (non-hydrogen) atoms. The van der Waals surface area contributed by atoms with Crippen LogP contribution in [0.2, 0.25) is 0 Å². The van der Waals surface area contributed by atoms with Gasteiger partial charge in [-0.1, -0.05) is 13.0 Å². The van der Waals surface area contributed by atoms with Crippen molar-refractivity contribution in [2.75, 3.05) is 32.1 Å². The van der Waals surface area contributed by atoms with E-state index in [4.69, 9.17) is 4.74 Å². The zero-order valence-electron chi connectivity index (χ0n) is 11.6. The van der Waals surface area contributed by atoms with E-state index < -0.39 is 0 Å². The van der Waals surface area contributed by atoms with Gasteiger partial charge in [-0.05, 0) is 31.5 Å². The van der Waals surface area contributed by atoms with Gasteiger partial charge in [0.1, 0.15) is 11.8 Å². The molecule has 102 valence electrons. The van der Waals surface area contributed by atoms with Crippen molar-refractivity contribution in [2.24, 2.45) is 0 Å². The van der Waals surface area contributed by atoms with Gasteiger partial charge >= 0.3 is 0 Å². The van der Waals surface area contributed by atoms with E-state index in [9.17, 15) is 5.26 Å². The molecule has 2 rings (SSSR count). The number of methoxy groups -OCH3 is 1. The highest BCUT2D eigenvalue weighted by molar-refractivity contribution is 5.66. The average molecular weight is 259 g/mol. The van der Waals surface area contributed by atoms with Crippen molar-refractivity contribution in [3.05, 3.63) is 23.8 Å². The van der Waals surface area contributed by atoms with Gasteiger partial charge in [0.05, 0.1) is 18.4 Å². The number of hydrogen-bond acceptors (Lipinski definition) is 4. The molecular weight excluding hydrogens is 238 g/mol. The van der Waals surface area contributed by atoms with E-state index in [-0.39, 0.29) is 0 Å². The summed E-state index contributed by atoms with van der Waals surface area (Å²) in [6.45, 7) is 5.54. The minimum absolute atomic E-state index is 0.422. The first kappa shape index (κ1) is 13.7. The van der Waals surface area contributed by atoms with E-state index in [1.165, 1.54) is 0 Å². The molecule has 1 aliphatic rings. The smallest absolute Gasteiger partial charge is 0.143 e. The van der Waals surface area contributed by atoms with Crippen LogP contribution in [0.4, 0.5) is 5.69 Å². The molecule has 0 spiro atoms. The van der Waals surface area contributed by atoms with Crippen LogP contribution in [0.25, 0.3) is 0 Å². The summed E-state index contributed by atoms with van der Waals surface area (Å²) in [6.07, 6.45) is 2.22. The number of para-hydroxylation sites is 1. The van der Waals surface area contributed by atoms with Crippen LogP contribution in [0.5, 0.6) is 5.75 Å². The third-order valence-electron chi connectivity index (χ3n) is 3.75. The summed E-state index contributed by atoms with van der Waals surface area (Å²) >= 11 is 0. The monoisotopic (exact) mass is 259 g/mol. The molecule has 1 saturated heterocycles. The molecule has 0 atom stereocenters. The molecule has 0 unspecified atom stereocenters. The quantitative estimate of drug-likeness (QED) is 0.902. The molecule has 1 aromatic carbocycles. The Labute approximate surface area is 115 Å². The van der Waals surface area contributed by atoms with Gasteiger partial charge in [0.15, 0.2) is 0 Å². The minimum atomic E-state index is 0.422. The first-order valence-electron chi connectivity index (χ1n) is 6.84. The van der Waals surface area contributed by atoms with E-state index >= 15 is 0 Å². The van der Waals surface area contributed by atoms with E-state index in [2.05, 4.69) is 23.2 Å². The molecule has 1 aromatic rings. The van der Waals surface area contributed by atoms with Crippen molar-refractivity contribution in [3.63, 3.8) is 0 Å². The molecule has 0 saturated carbocycles. The number of nitriles is 1. The van der Waals surface area contributed by atoms with Gasteiger partial charge in [0.25, 0.3) is 0 Å². The Morgan fingerprint density at radius 1 is 1.42 bits per heavy atom. The van der Waals surface area contributed by atoms with Crippen LogP contribution in [-0.4, -0.2) is 37.7 Å². The van der Waals surface area contributed by atoms with Crippen LogP contribution in [-0.2, 0) is 0 Å². The third-order valence-corrected chi connectivity index (χ3v) is 3.75. The Kier molecular flexibility index (Phi) is 4.64. The molecule has 0 amide bonds. The maximum Gasteiger partial charge on any atom is 0.143 e. The number of rotatable bonds is 4. The van der Waals surface area contributed by atoms with Crippen LogP contribution < -0.4 is 10.1 Å². The fourth-order valence-electron chi connectivity index (χ4n) is 2.54. The zero-order chi connectivity index (χ0) is 13.7. The van der Waals surface area contributed by atoms with Crippen molar-refractivity contribution < 1.29 is 4.74 Å². The van der Waals surface area contributed by atoms with Gasteiger partial charge in [-0.15, -0.1) is 0 Å². The maximum atomic E-state index is 9.19. The van der Waals surface area contributed by atoms with Crippen LogP contribution in [0.3, 0.4) is 0 Å². The highest BCUT2D eigenvalue weighted by atomic mass is 16.5. The zero-order valence-corrected chi connectivity index (χ0v) is 11.6. The number of nitrogens with zero attached hydrogens (tertiary/aromatic N) is 2. The minimum Gasteiger partial charge on any atom is -0.495 e. The number of anilines is 1. The summed E-state index contributed by atoms with van der Waals surface area (Å²) in [5.74, 6) is 0.747. The van der Waals surface area contributed by atoms with Crippen LogP contribution in [0.1, 0.15) is 25.3 Å². The SMILES string of the molecule is CCN1CCC(Nc2c(C#N)cccc2OC)CC1. The largest absolute Gasteiger partial charge is 0.495 e. The van der Waals surface area contributed by atoms with Crippen molar-refractivity contribution in [3.8, 4) is 11.8 Å². The molecule has 1 heterocycles. The highest BCUT2D eigenvalue weighted by Gasteiger charge is 2.20. The number of ether oxygens (including phenoxy) is 1. The average Bonchev–Trinajstić information content (AvgIpc) is 2.48. The van der Waals surface area contributed by atoms with E-state index in [0.29, 0.717) is 11.6 Å². The molecule has 4 nitrogen and oxygen atoms in total.